The molecule has 1 saturated carbocycles. The van der Waals surface area contributed by atoms with Crippen molar-refractivity contribution in [3.63, 3.8) is 0 Å². The zero-order valence-corrected chi connectivity index (χ0v) is 16.5. The van der Waals surface area contributed by atoms with Crippen molar-refractivity contribution in [1.29, 1.82) is 0 Å². The molecule has 2 fully saturated rings. The van der Waals surface area contributed by atoms with Crippen LogP contribution in [0, 0.1) is 17.3 Å². The van der Waals surface area contributed by atoms with Crippen molar-refractivity contribution >= 4 is 27.7 Å². The van der Waals surface area contributed by atoms with Crippen LogP contribution in [0.25, 0.3) is 0 Å². The topological polar surface area (TPSA) is 82.1 Å². The number of fused-ring (bicyclic) bond motifs is 1. The van der Waals surface area contributed by atoms with Crippen molar-refractivity contribution in [3.8, 4) is 5.75 Å². The van der Waals surface area contributed by atoms with Crippen LogP contribution in [-0.2, 0) is 25.7 Å². The van der Waals surface area contributed by atoms with Gasteiger partial charge in [-0.2, -0.15) is 0 Å². The predicted molar refractivity (Wildman–Crippen MR) is 99.2 cm³/mol. The third-order valence-electron chi connectivity index (χ3n) is 5.84. The molecule has 0 amide bonds. The van der Waals surface area contributed by atoms with Crippen LogP contribution in [0.2, 0.25) is 0 Å². The van der Waals surface area contributed by atoms with Crippen LogP contribution < -0.4 is 4.74 Å². The van der Waals surface area contributed by atoms with Gasteiger partial charge in [-0.3, -0.25) is 9.59 Å². The number of methoxy groups -OCH3 is 1. The zero-order valence-electron chi connectivity index (χ0n) is 14.9. The average molecular weight is 437 g/mol. The molecule has 6 nitrogen and oxygen atoms in total. The number of ketones is 1. The van der Waals surface area contributed by atoms with Crippen LogP contribution in [-0.4, -0.2) is 42.8 Å². The van der Waals surface area contributed by atoms with E-state index >= 15 is 0 Å². The number of ether oxygens (including phenoxy) is 3. The van der Waals surface area contributed by atoms with E-state index in [1.165, 1.54) is 0 Å². The molecule has 1 N–H and O–H groups in total. The third kappa shape index (κ3) is 3.02. The van der Waals surface area contributed by atoms with Crippen molar-refractivity contribution in [3.05, 3.63) is 40.4 Å². The van der Waals surface area contributed by atoms with Gasteiger partial charge < -0.3 is 19.3 Å². The molecule has 27 heavy (non-hydrogen) atoms. The van der Waals surface area contributed by atoms with Gasteiger partial charge in [-0.25, -0.2) is 0 Å². The number of carbonyl (C=O) groups is 2. The fourth-order valence-electron chi connectivity index (χ4n) is 4.54. The lowest BCUT2D eigenvalue weighted by molar-refractivity contribution is -0.180. The number of halogens is 1. The van der Waals surface area contributed by atoms with Gasteiger partial charge in [0.15, 0.2) is 5.78 Å². The Bertz CT molecular complexity index is 788. The summed E-state index contributed by atoms with van der Waals surface area (Å²) in [6, 6.07) is 7.63. The number of rotatable bonds is 6. The number of carbonyl (C=O) groups excluding carboxylic acids is 2. The molecule has 1 aromatic rings. The minimum Gasteiger partial charge on any atom is -0.497 e. The molecule has 2 aliphatic carbocycles. The highest BCUT2D eigenvalue weighted by Gasteiger charge is 2.67. The minimum absolute atomic E-state index is 0.0976. The van der Waals surface area contributed by atoms with Gasteiger partial charge in [-0.1, -0.05) is 34.1 Å². The highest BCUT2D eigenvalue weighted by molar-refractivity contribution is 9.11. The van der Waals surface area contributed by atoms with Gasteiger partial charge in [0, 0.05) is 29.3 Å². The number of benzene rings is 1. The minimum atomic E-state index is -1.11. The largest absolute Gasteiger partial charge is 0.497 e. The maximum atomic E-state index is 12.5. The summed E-state index contributed by atoms with van der Waals surface area (Å²) in [5, 5.41) is 10.1. The van der Waals surface area contributed by atoms with E-state index < -0.39 is 29.5 Å². The fraction of sp³-hybridized carbons (Fsp3) is 0.500. The summed E-state index contributed by atoms with van der Waals surface area (Å²) in [5.41, 5.74) is -0.0117. The van der Waals surface area contributed by atoms with Gasteiger partial charge in [0.25, 0.3) is 0 Å². The van der Waals surface area contributed by atoms with Gasteiger partial charge in [0.2, 0.25) is 0 Å². The molecule has 0 aromatic heterocycles. The molecular formula is C20H21BrO6. The molecule has 5 atom stereocenters. The lowest BCUT2D eigenvalue weighted by Crippen LogP contribution is -2.55. The first kappa shape index (κ1) is 18.7. The van der Waals surface area contributed by atoms with Crippen LogP contribution in [0.5, 0.6) is 5.75 Å². The summed E-state index contributed by atoms with van der Waals surface area (Å²) in [4.78, 5) is 25.0. The Hall–Kier alpha value is -1.70. The molecule has 2 aliphatic heterocycles. The van der Waals surface area contributed by atoms with Crippen LogP contribution in [0.15, 0.2) is 34.8 Å². The van der Waals surface area contributed by atoms with E-state index in [2.05, 4.69) is 15.9 Å². The molecule has 0 unspecified atom stereocenters. The van der Waals surface area contributed by atoms with Gasteiger partial charge in [-0.15, -0.1) is 0 Å². The van der Waals surface area contributed by atoms with Gasteiger partial charge in [-0.05, 0) is 24.1 Å². The second kappa shape index (κ2) is 7.04. The maximum absolute atomic E-state index is 12.5. The van der Waals surface area contributed by atoms with E-state index in [9.17, 15) is 14.7 Å². The number of esters is 1. The molecule has 1 aromatic carbocycles. The van der Waals surface area contributed by atoms with Gasteiger partial charge >= 0.3 is 5.97 Å². The molecule has 1 saturated heterocycles. The standard InChI is InChI=1S/C20H21BrO6/c1-25-12-4-2-11(3-5-12)10-26-7-6-13-16-17(23)15(22)9-20(16)8-14(21)18(13)27-19(20)24/h2-5,8,13,15-16,18,22H,6-7,9-10H2,1H3/t13-,15+,16+,18-,20+/m1/s1. The summed E-state index contributed by atoms with van der Waals surface area (Å²) in [6.45, 7) is 0.880. The van der Waals surface area contributed by atoms with E-state index in [1.54, 1.807) is 13.2 Å². The van der Waals surface area contributed by atoms with Crippen LogP contribution in [0.1, 0.15) is 18.4 Å². The Morgan fingerprint density at radius 3 is 2.74 bits per heavy atom. The number of aliphatic hydroxyl groups excluding tert-OH is 1. The lowest BCUT2D eigenvalue weighted by atomic mass is 9.63. The number of hydrogen-bond acceptors (Lipinski definition) is 6. The van der Waals surface area contributed by atoms with E-state index in [4.69, 9.17) is 14.2 Å². The summed E-state index contributed by atoms with van der Waals surface area (Å²) >= 11 is 3.48. The molecule has 2 bridgehead atoms. The number of hydrogen-bond donors (Lipinski definition) is 1. The molecular weight excluding hydrogens is 416 g/mol. The van der Waals surface area contributed by atoms with Crippen LogP contribution in [0.4, 0.5) is 0 Å². The Morgan fingerprint density at radius 1 is 1.30 bits per heavy atom. The van der Waals surface area contributed by atoms with Crippen molar-refractivity contribution < 1.29 is 28.9 Å². The van der Waals surface area contributed by atoms with E-state index in [-0.39, 0.29) is 18.1 Å². The van der Waals surface area contributed by atoms with E-state index in [0.717, 1.165) is 15.8 Å². The molecule has 4 aliphatic rings. The van der Waals surface area contributed by atoms with Crippen molar-refractivity contribution in [2.24, 2.45) is 17.3 Å². The summed E-state index contributed by atoms with van der Waals surface area (Å²) in [5.74, 6) is -0.597. The summed E-state index contributed by atoms with van der Waals surface area (Å²) < 4.78 is 17.3. The maximum Gasteiger partial charge on any atom is 0.317 e. The molecule has 1 spiro atoms. The number of aliphatic hydroxyl groups is 1. The Labute approximate surface area is 165 Å². The van der Waals surface area contributed by atoms with Crippen LogP contribution in [0.3, 0.4) is 0 Å². The quantitative estimate of drug-likeness (QED) is 0.544. The Morgan fingerprint density at radius 2 is 2.04 bits per heavy atom. The predicted octanol–water partition coefficient (Wildman–Crippen LogP) is 2.37. The monoisotopic (exact) mass is 436 g/mol. The van der Waals surface area contributed by atoms with Crippen molar-refractivity contribution in [1.82, 2.24) is 0 Å². The SMILES string of the molecule is COc1ccc(COCC[C@@H]2[C@H]3C(=O)[C@@H](O)C[C@@]34C=C(Br)[C@@H]2OC4=O)cc1. The molecule has 7 heteroatoms. The second-order valence-corrected chi connectivity index (χ2v) is 8.26. The highest BCUT2D eigenvalue weighted by atomic mass is 79.9. The number of Topliss-reactive ketones (excluding diaryl/α,β-unsaturated/α-hetero) is 1. The average Bonchev–Trinajstić information content (AvgIpc) is 2.92. The smallest absolute Gasteiger partial charge is 0.317 e. The Kier molecular flexibility index (Phi) is 4.86. The first-order chi connectivity index (χ1) is 13.0. The molecule has 144 valence electrons. The van der Waals surface area contributed by atoms with Crippen molar-refractivity contribution in [2.75, 3.05) is 13.7 Å². The third-order valence-corrected chi connectivity index (χ3v) is 6.52. The summed E-state index contributed by atoms with van der Waals surface area (Å²) in [7, 11) is 1.62. The van der Waals surface area contributed by atoms with E-state index in [1.807, 2.05) is 24.3 Å². The first-order valence-corrected chi connectivity index (χ1v) is 9.77. The summed E-state index contributed by atoms with van der Waals surface area (Å²) in [6.07, 6.45) is 0.848. The van der Waals surface area contributed by atoms with Gasteiger partial charge in [0.05, 0.1) is 13.7 Å². The molecule has 2 heterocycles. The Balaban J connectivity index is 1.42. The zero-order chi connectivity index (χ0) is 19.2. The highest BCUT2D eigenvalue weighted by Crippen LogP contribution is 2.58. The molecule has 0 radical (unpaired) electrons. The second-order valence-electron chi connectivity index (χ2n) is 7.35. The lowest BCUT2D eigenvalue weighted by Gasteiger charge is -2.48. The van der Waals surface area contributed by atoms with Crippen molar-refractivity contribution in [2.45, 2.75) is 31.7 Å². The molecule has 5 rings (SSSR count). The normalized spacial score (nSPS) is 34.3. The fourth-order valence-corrected chi connectivity index (χ4v) is 5.39. The van der Waals surface area contributed by atoms with E-state index in [0.29, 0.717) is 19.6 Å². The van der Waals surface area contributed by atoms with Crippen LogP contribution >= 0.6 is 15.9 Å². The first-order valence-electron chi connectivity index (χ1n) is 8.98. The van der Waals surface area contributed by atoms with Gasteiger partial charge in [0.1, 0.15) is 23.4 Å².